The lowest BCUT2D eigenvalue weighted by Gasteiger charge is -2.29. The van der Waals surface area contributed by atoms with Gasteiger partial charge in [-0.2, -0.15) is 4.98 Å². The van der Waals surface area contributed by atoms with Crippen LogP contribution in [0.5, 0.6) is 0 Å². The maximum atomic E-state index is 13.3. The first-order valence-corrected chi connectivity index (χ1v) is 8.16. The number of rotatable bonds is 5. The van der Waals surface area contributed by atoms with Crippen LogP contribution in [0.15, 0.2) is 22.7 Å². The minimum absolute atomic E-state index is 0.0414. The summed E-state index contributed by atoms with van der Waals surface area (Å²) in [6.45, 7) is 2.07. The fourth-order valence-corrected chi connectivity index (χ4v) is 3.16. The van der Waals surface area contributed by atoms with Gasteiger partial charge in [-0.25, -0.2) is 4.39 Å². The Morgan fingerprint density at radius 3 is 2.96 bits per heavy atom. The zero-order valence-electron chi connectivity index (χ0n) is 13.6. The first-order valence-electron chi connectivity index (χ1n) is 8.16. The second-order valence-corrected chi connectivity index (χ2v) is 6.26. The largest absolute Gasteiger partial charge is 0.369 e. The van der Waals surface area contributed by atoms with Gasteiger partial charge >= 0.3 is 0 Å². The van der Waals surface area contributed by atoms with Crippen LogP contribution >= 0.6 is 0 Å². The standard InChI is InChI=1S/C17H21FN4O2/c1-10-8-11(6-7-13(10)18)17-21-15(24-22-17)9-20-14-5-3-2-4-12(14)16(19)23/h6-8,12,14,20H,2-5,9H2,1H3,(H2,19,23)/t12-,14-/m1/s1. The summed E-state index contributed by atoms with van der Waals surface area (Å²) >= 11 is 0. The van der Waals surface area contributed by atoms with Gasteiger partial charge in [0.05, 0.1) is 12.5 Å². The Morgan fingerprint density at radius 1 is 1.42 bits per heavy atom. The molecule has 1 aliphatic carbocycles. The highest BCUT2D eigenvalue weighted by molar-refractivity contribution is 5.77. The fourth-order valence-electron chi connectivity index (χ4n) is 3.16. The van der Waals surface area contributed by atoms with E-state index in [0.29, 0.717) is 29.4 Å². The number of benzene rings is 1. The van der Waals surface area contributed by atoms with Gasteiger partial charge in [0.2, 0.25) is 17.6 Å². The van der Waals surface area contributed by atoms with Crippen LogP contribution in [0.1, 0.15) is 37.1 Å². The third kappa shape index (κ3) is 3.62. The predicted molar refractivity (Wildman–Crippen MR) is 86.2 cm³/mol. The number of carbonyl (C=O) groups is 1. The first-order chi connectivity index (χ1) is 11.5. The van der Waals surface area contributed by atoms with Crippen molar-refractivity contribution in [2.24, 2.45) is 11.7 Å². The Balaban J connectivity index is 1.65. The molecule has 128 valence electrons. The SMILES string of the molecule is Cc1cc(-c2noc(CN[C@@H]3CCCC[C@H]3C(N)=O)n2)ccc1F. The lowest BCUT2D eigenvalue weighted by atomic mass is 9.84. The molecule has 24 heavy (non-hydrogen) atoms. The summed E-state index contributed by atoms with van der Waals surface area (Å²) in [5.74, 6) is 0.172. The summed E-state index contributed by atoms with van der Waals surface area (Å²) in [6, 6.07) is 4.73. The molecule has 0 saturated heterocycles. The van der Waals surface area contributed by atoms with E-state index in [2.05, 4.69) is 15.5 Å². The van der Waals surface area contributed by atoms with E-state index in [4.69, 9.17) is 10.3 Å². The van der Waals surface area contributed by atoms with Crippen molar-refractivity contribution in [2.45, 2.75) is 45.2 Å². The van der Waals surface area contributed by atoms with Gasteiger partial charge in [0.25, 0.3) is 0 Å². The molecule has 3 rings (SSSR count). The molecule has 3 N–H and O–H groups in total. The molecule has 1 aromatic heterocycles. The molecule has 0 bridgehead atoms. The van der Waals surface area contributed by atoms with E-state index < -0.39 is 0 Å². The number of nitrogens with one attached hydrogen (secondary N) is 1. The summed E-state index contributed by atoms with van der Waals surface area (Å²) in [5.41, 5.74) is 6.71. The number of hydrogen-bond donors (Lipinski definition) is 2. The van der Waals surface area contributed by atoms with E-state index in [1.807, 2.05) is 0 Å². The van der Waals surface area contributed by atoms with Crippen molar-refractivity contribution in [3.63, 3.8) is 0 Å². The van der Waals surface area contributed by atoms with Crippen LogP contribution in [-0.4, -0.2) is 22.1 Å². The predicted octanol–water partition coefficient (Wildman–Crippen LogP) is 2.32. The molecule has 7 heteroatoms. The minimum Gasteiger partial charge on any atom is -0.369 e. The minimum atomic E-state index is -0.265. The van der Waals surface area contributed by atoms with E-state index in [0.717, 1.165) is 25.7 Å². The number of halogens is 1. The molecule has 0 aliphatic heterocycles. The molecule has 1 amide bonds. The van der Waals surface area contributed by atoms with Gasteiger partial charge in [-0.15, -0.1) is 0 Å². The van der Waals surface area contributed by atoms with Crippen molar-refractivity contribution in [3.8, 4) is 11.4 Å². The van der Waals surface area contributed by atoms with Crippen molar-refractivity contribution in [3.05, 3.63) is 35.5 Å². The Labute approximate surface area is 139 Å². The number of carbonyl (C=O) groups excluding carboxylic acids is 1. The molecule has 1 fully saturated rings. The molecule has 0 spiro atoms. The van der Waals surface area contributed by atoms with Crippen LogP contribution in [0.4, 0.5) is 4.39 Å². The Bertz CT molecular complexity index is 731. The molecule has 0 unspecified atom stereocenters. The number of hydrogen-bond acceptors (Lipinski definition) is 5. The number of aromatic nitrogens is 2. The highest BCUT2D eigenvalue weighted by Crippen LogP contribution is 2.24. The Hall–Kier alpha value is -2.28. The number of aryl methyl sites for hydroxylation is 1. The molecule has 1 saturated carbocycles. The zero-order valence-corrected chi connectivity index (χ0v) is 13.6. The van der Waals surface area contributed by atoms with Crippen molar-refractivity contribution in [2.75, 3.05) is 0 Å². The molecule has 1 aromatic carbocycles. The highest BCUT2D eigenvalue weighted by Gasteiger charge is 2.29. The number of nitrogens with zero attached hydrogens (tertiary/aromatic N) is 2. The molecule has 6 nitrogen and oxygen atoms in total. The molecule has 2 atom stereocenters. The van der Waals surface area contributed by atoms with Gasteiger partial charge < -0.3 is 15.6 Å². The van der Waals surface area contributed by atoms with Crippen LogP contribution < -0.4 is 11.1 Å². The average molecular weight is 332 g/mol. The van der Waals surface area contributed by atoms with Gasteiger partial charge in [0.1, 0.15) is 5.82 Å². The number of primary amides is 1. The summed E-state index contributed by atoms with van der Waals surface area (Å²) in [7, 11) is 0. The van der Waals surface area contributed by atoms with Crippen LogP contribution in [0, 0.1) is 18.7 Å². The van der Waals surface area contributed by atoms with Gasteiger partial charge in [0.15, 0.2) is 0 Å². The van der Waals surface area contributed by atoms with E-state index >= 15 is 0 Å². The molecule has 2 aromatic rings. The van der Waals surface area contributed by atoms with Crippen molar-refractivity contribution < 1.29 is 13.7 Å². The third-order valence-electron chi connectivity index (χ3n) is 4.53. The maximum absolute atomic E-state index is 13.3. The molecule has 1 heterocycles. The number of amides is 1. The smallest absolute Gasteiger partial charge is 0.240 e. The van der Waals surface area contributed by atoms with Crippen molar-refractivity contribution in [1.29, 1.82) is 0 Å². The second-order valence-electron chi connectivity index (χ2n) is 6.26. The summed E-state index contributed by atoms with van der Waals surface area (Å²) in [5, 5.41) is 7.23. The topological polar surface area (TPSA) is 94.0 Å². The average Bonchev–Trinajstić information content (AvgIpc) is 3.04. The highest BCUT2D eigenvalue weighted by atomic mass is 19.1. The lowest BCUT2D eigenvalue weighted by Crippen LogP contribution is -2.44. The Kier molecular flexibility index (Phi) is 4.89. The van der Waals surface area contributed by atoms with Gasteiger partial charge in [0, 0.05) is 11.6 Å². The van der Waals surface area contributed by atoms with E-state index in [-0.39, 0.29) is 23.7 Å². The normalized spacial score (nSPS) is 20.9. The lowest BCUT2D eigenvalue weighted by molar-refractivity contribution is -0.123. The first kappa shape index (κ1) is 16.6. The summed E-state index contributed by atoms with van der Waals surface area (Å²) < 4.78 is 18.6. The van der Waals surface area contributed by atoms with Crippen LogP contribution in [0.3, 0.4) is 0 Å². The van der Waals surface area contributed by atoms with Gasteiger partial charge in [-0.05, 0) is 43.5 Å². The third-order valence-corrected chi connectivity index (χ3v) is 4.53. The van der Waals surface area contributed by atoms with Crippen LogP contribution in [-0.2, 0) is 11.3 Å². The van der Waals surface area contributed by atoms with Gasteiger partial charge in [-0.1, -0.05) is 18.0 Å². The summed E-state index contributed by atoms with van der Waals surface area (Å²) in [4.78, 5) is 15.9. The Morgan fingerprint density at radius 2 is 2.21 bits per heavy atom. The fraction of sp³-hybridized carbons (Fsp3) is 0.471. The zero-order chi connectivity index (χ0) is 17.1. The van der Waals surface area contributed by atoms with E-state index in [9.17, 15) is 9.18 Å². The van der Waals surface area contributed by atoms with Crippen LogP contribution in [0.2, 0.25) is 0 Å². The quantitative estimate of drug-likeness (QED) is 0.876. The monoisotopic (exact) mass is 332 g/mol. The number of nitrogens with two attached hydrogens (primary N) is 1. The molecular weight excluding hydrogens is 311 g/mol. The van der Waals surface area contributed by atoms with Crippen molar-refractivity contribution >= 4 is 5.91 Å². The molecule has 1 aliphatic rings. The second kappa shape index (κ2) is 7.09. The van der Waals surface area contributed by atoms with Crippen LogP contribution in [0.25, 0.3) is 11.4 Å². The maximum Gasteiger partial charge on any atom is 0.240 e. The summed E-state index contributed by atoms with van der Waals surface area (Å²) in [6.07, 6.45) is 3.83. The van der Waals surface area contributed by atoms with E-state index in [1.165, 1.54) is 6.07 Å². The van der Waals surface area contributed by atoms with Gasteiger partial charge in [-0.3, -0.25) is 4.79 Å². The molecule has 0 radical (unpaired) electrons. The van der Waals surface area contributed by atoms with Crippen molar-refractivity contribution in [1.82, 2.24) is 15.5 Å². The van der Waals surface area contributed by atoms with E-state index in [1.54, 1.807) is 19.1 Å². The molecular formula is C17H21FN4O2.